The number of nitrogens with one attached hydrogen (secondary N) is 1. The van der Waals surface area contributed by atoms with E-state index in [2.05, 4.69) is 11.4 Å². The van der Waals surface area contributed by atoms with Crippen molar-refractivity contribution in [2.75, 3.05) is 12.4 Å². The fourth-order valence-electron chi connectivity index (χ4n) is 2.58. The molecule has 0 amide bonds. The van der Waals surface area contributed by atoms with E-state index >= 15 is 0 Å². The van der Waals surface area contributed by atoms with Crippen LogP contribution in [0.4, 0.5) is 10.1 Å². The Hall–Kier alpha value is -1.60. The largest absolute Gasteiger partial charge is 0.378 e. The van der Waals surface area contributed by atoms with Crippen LogP contribution in [-0.4, -0.2) is 18.8 Å². The van der Waals surface area contributed by atoms with Crippen LogP contribution in [0.2, 0.25) is 0 Å². The van der Waals surface area contributed by atoms with Crippen molar-refractivity contribution in [3.05, 3.63) is 30.1 Å². The first-order valence-corrected chi connectivity index (χ1v) is 6.18. The zero-order valence-corrected chi connectivity index (χ0v) is 10.4. The maximum atomic E-state index is 13.2. The molecule has 0 aliphatic heterocycles. The molecule has 0 saturated heterocycles. The van der Waals surface area contributed by atoms with Crippen LogP contribution in [0.5, 0.6) is 0 Å². The second-order valence-corrected chi connectivity index (χ2v) is 4.69. The van der Waals surface area contributed by atoms with Gasteiger partial charge in [0.1, 0.15) is 5.82 Å². The molecule has 0 heterocycles. The van der Waals surface area contributed by atoms with Gasteiger partial charge in [-0.1, -0.05) is 12.5 Å². The van der Waals surface area contributed by atoms with Crippen molar-refractivity contribution < 1.29 is 9.13 Å². The lowest BCUT2D eigenvalue weighted by Crippen LogP contribution is -2.51. The number of nitriles is 1. The Balaban J connectivity index is 2.24. The van der Waals surface area contributed by atoms with Gasteiger partial charge >= 0.3 is 0 Å². The van der Waals surface area contributed by atoms with Gasteiger partial charge in [0, 0.05) is 12.8 Å². The molecule has 1 N–H and O–H groups in total. The van der Waals surface area contributed by atoms with Crippen LogP contribution >= 0.6 is 0 Å². The van der Waals surface area contributed by atoms with Crippen molar-refractivity contribution in [1.29, 1.82) is 5.26 Å². The Bertz CT molecular complexity index is 457. The Morgan fingerprint density at radius 3 is 3.00 bits per heavy atom. The number of hydrogen-bond donors (Lipinski definition) is 1. The first-order chi connectivity index (χ1) is 8.70. The van der Waals surface area contributed by atoms with Crippen LogP contribution in [0.3, 0.4) is 0 Å². The lowest BCUT2D eigenvalue weighted by atomic mass is 9.80. The highest BCUT2D eigenvalue weighted by molar-refractivity contribution is 5.48. The number of ether oxygens (including phenoxy) is 1. The SMILES string of the molecule is COC1CCCCC1(C#N)Nc1cccc(F)c1. The lowest BCUT2D eigenvalue weighted by molar-refractivity contribution is 0.0369. The number of anilines is 1. The zero-order chi connectivity index (χ0) is 13.0. The fourth-order valence-corrected chi connectivity index (χ4v) is 2.58. The third-order valence-electron chi connectivity index (χ3n) is 3.51. The van der Waals surface area contributed by atoms with Crippen LogP contribution in [0, 0.1) is 17.1 Å². The molecule has 96 valence electrons. The van der Waals surface area contributed by atoms with Crippen LogP contribution in [0.15, 0.2) is 24.3 Å². The lowest BCUT2D eigenvalue weighted by Gasteiger charge is -2.39. The van der Waals surface area contributed by atoms with Gasteiger partial charge in [-0.05, 0) is 37.5 Å². The van der Waals surface area contributed by atoms with E-state index in [-0.39, 0.29) is 11.9 Å². The molecule has 0 radical (unpaired) electrons. The van der Waals surface area contributed by atoms with E-state index in [1.54, 1.807) is 19.2 Å². The fraction of sp³-hybridized carbons (Fsp3) is 0.500. The summed E-state index contributed by atoms with van der Waals surface area (Å²) in [6.07, 6.45) is 3.47. The highest BCUT2D eigenvalue weighted by Gasteiger charge is 2.41. The molecule has 1 aromatic rings. The Morgan fingerprint density at radius 1 is 1.50 bits per heavy atom. The number of nitrogens with zero attached hydrogens (tertiary/aromatic N) is 1. The summed E-state index contributed by atoms with van der Waals surface area (Å²) in [7, 11) is 1.62. The molecule has 2 unspecified atom stereocenters. The number of methoxy groups -OCH3 is 1. The van der Waals surface area contributed by atoms with Gasteiger partial charge in [-0.15, -0.1) is 0 Å². The van der Waals surface area contributed by atoms with Crippen molar-refractivity contribution in [3.63, 3.8) is 0 Å². The van der Waals surface area contributed by atoms with Gasteiger partial charge in [0.2, 0.25) is 0 Å². The third kappa shape index (κ3) is 2.46. The molecule has 18 heavy (non-hydrogen) atoms. The molecule has 1 saturated carbocycles. The van der Waals surface area contributed by atoms with E-state index in [0.717, 1.165) is 25.7 Å². The monoisotopic (exact) mass is 248 g/mol. The van der Waals surface area contributed by atoms with Crippen LogP contribution < -0.4 is 5.32 Å². The highest BCUT2D eigenvalue weighted by atomic mass is 19.1. The average molecular weight is 248 g/mol. The van der Waals surface area contributed by atoms with Gasteiger partial charge in [0.15, 0.2) is 5.54 Å². The summed E-state index contributed by atoms with van der Waals surface area (Å²) in [6.45, 7) is 0. The quantitative estimate of drug-likeness (QED) is 0.894. The number of benzene rings is 1. The molecule has 1 fully saturated rings. The van der Waals surface area contributed by atoms with Gasteiger partial charge < -0.3 is 10.1 Å². The summed E-state index contributed by atoms with van der Waals surface area (Å²) in [6, 6.07) is 8.52. The molecule has 4 heteroatoms. The topological polar surface area (TPSA) is 45.0 Å². The second kappa shape index (κ2) is 5.36. The molecule has 0 bridgehead atoms. The standard InChI is InChI=1S/C14H17FN2O/c1-18-13-7-2-3-8-14(13,10-16)17-12-6-4-5-11(15)9-12/h4-6,9,13,17H,2-3,7-8H2,1H3. The molecule has 1 aliphatic carbocycles. The Labute approximate surface area is 107 Å². The minimum absolute atomic E-state index is 0.153. The van der Waals surface area contributed by atoms with Crippen molar-refractivity contribution >= 4 is 5.69 Å². The number of rotatable bonds is 3. The van der Waals surface area contributed by atoms with Crippen LogP contribution in [0.25, 0.3) is 0 Å². The maximum absolute atomic E-state index is 13.2. The predicted octanol–water partition coefficient (Wildman–Crippen LogP) is 3.09. The van der Waals surface area contributed by atoms with Crippen LogP contribution in [-0.2, 0) is 4.74 Å². The van der Waals surface area contributed by atoms with Gasteiger partial charge in [-0.25, -0.2) is 4.39 Å². The van der Waals surface area contributed by atoms with Gasteiger partial charge in [-0.3, -0.25) is 0 Å². The first-order valence-electron chi connectivity index (χ1n) is 6.18. The Kier molecular flexibility index (Phi) is 3.83. The van der Waals surface area contributed by atoms with Crippen molar-refractivity contribution in [1.82, 2.24) is 0 Å². The molecule has 3 nitrogen and oxygen atoms in total. The maximum Gasteiger partial charge on any atom is 0.151 e. The minimum Gasteiger partial charge on any atom is -0.378 e. The summed E-state index contributed by atoms with van der Waals surface area (Å²) in [5.41, 5.74) is -0.124. The summed E-state index contributed by atoms with van der Waals surface area (Å²) in [5, 5.41) is 12.6. The number of hydrogen-bond acceptors (Lipinski definition) is 3. The summed E-state index contributed by atoms with van der Waals surface area (Å²) in [4.78, 5) is 0. The summed E-state index contributed by atoms with van der Waals surface area (Å²) in [5.74, 6) is -0.308. The average Bonchev–Trinajstić information content (AvgIpc) is 2.39. The van der Waals surface area contributed by atoms with E-state index < -0.39 is 5.54 Å². The van der Waals surface area contributed by atoms with Crippen molar-refractivity contribution in [2.24, 2.45) is 0 Å². The van der Waals surface area contributed by atoms with Gasteiger partial charge in [-0.2, -0.15) is 5.26 Å². The molecule has 1 aromatic carbocycles. The summed E-state index contributed by atoms with van der Waals surface area (Å²) < 4.78 is 18.6. The molecule has 2 rings (SSSR count). The van der Waals surface area contributed by atoms with E-state index in [4.69, 9.17) is 4.74 Å². The van der Waals surface area contributed by atoms with Crippen molar-refractivity contribution in [2.45, 2.75) is 37.3 Å². The van der Waals surface area contributed by atoms with E-state index in [1.807, 2.05) is 0 Å². The van der Waals surface area contributed by atoms with E-state index in [0.29, 0.717) is 5.69 Å². The molecule has 2 atom stereocenters. The molecule has 0 aromatic heterocycles. The minimum atomic E-state index is -0.749. The molecule has 0 spiro atoms. The number of halogens is 1. The summed E-state index contributed by atoms with van der Waals surface area (Å²) >= 11 is 0. The Morgan fingerprint density at radius 2 is 2.33 bits per heavy atom. The molecule has 1 aliphatic rings. The van der Waals surface area contributed by atoms with Gasteiger partial charge in [0.25, 0.3) is 0 Å². The normalized spacial score (nSPS) is 27.5. The predicted molar refractivity (Wildman–Crippen MR) is 67.6 cm³/mol. The van der Waals surface area contributed by atoms with Crippen molar-refractivity contribution in [3.8, 4) is 6.07 Å². The molecular formula is C14H17FN2O. The van der Waals surface area contributed by atoms with Gasteiger partial charge in [0.05, 0.1) is 12.2 Å². The smallest absolute Gasteiger partial charge is 0.151 e. The zero-order valence-electron chi connectivity index (χ0n) is 10.4. The second-order valence-electron chi connectivity index (χ2n) is 4.69. The third-order valence-corrected chi connectivity index (χ3v) is 3.51. The highest BCUT2D eigenvalue weighted by Crippen LogP contribution is 2.33. The first kappa shape index (κ1) is 12.8. The van der Waals surface area contributed by atoms with E-state index in [9.17, 15) is 9.65 Å². The molecular weight excluding hydrogens is 231 g/mol. The van der Waals surface area contributed by atoms with Crippen LogP contribution in [0.1, 0.15) is 25.7 Å². The van der Waals surface area contributed by atoms with E-state index in [1.165, 1.54) is 12.1 Å².